The summed E-state index contributed by atoms with van der Waals surface area (Å²) in [4.78, 5) is 23.7. The Balaban J connectivity index is 1.97. The molecule has 6 nitrogen and oxygen atoms in total. The van der Waals surface area contributed by atoms with E-state index in [0.29, 0.717) is 11.3 Å². The lowest BCUT2D eigenvalue weighted by Crippen LogP contribution is -2.54. The first-order valence-electron chi connectivity index (χ1n) is 5.39. The van der Waals surface area contributed by atoms with Crippen molar-refractivity contribution < 1.29 is 14.7 Å². The summed E-state index contributed by atoms with van der Waals surface area (Å²) < 4.78 is 0. The zero-order valence-corrected chi connectivity index (χ0v) is 9.46. The van der Waals surface area contributed by atoms with Crippen molar-refractivity contribution in [1.82, 2.24) is 4.90 Å². The summed E-state index contributed by atoms with van der Waals surface area (Å²) in [5, 5.41) is 20.2. The molecule has 2 rings (SSSR count). The number of nitrogens with one attached hydrogen (secondary N) is 1. The number of hydrogen-bond donors (Lipinski definition) is 2. The van der Waals surface area contributed by atoms with E-state index in [9.17, 15) is 9.59 Å². The van der Waals surface area contributed by atoms with Gasteiger partial charge in [-0.25, -0.2) is 4.79 Å². The van der Waals surface area contributed by atoms with E-state index in [2.05, 4.69) is 5.32 Å². The van der Waals surface area contributed by atoms with Crippen molar-refractivity contribution in [1.29, 1.82) is 5.26 Å². The van der Waals surface area contributed by atoms with E-state index in [1.165, 1.54) is 4.90 Å². The summed E-state index contributed by atoms with van der Waals surface area (Å²) in [6.07, 6.45) is 0. The Bertz CT molecular complexity index is 530. The van der Waals surface area contributed by atoms with Crippen molar-refractivity contribution in [3.63, 3.8) is 0 Å². The fourth-order valence-corrected chi connectivity index (χ4v) is 1.68. The number of para-hydroxylation sites is 1. The lowest BCUT2D eigenvalue weighted by Gasteiger charge is -2.36. The van der Waals surface area contributed by atoms with Gasteiger partial charge in [0.05, 0.1) is 17.2 Å². The van der Waals surface area contributed by atoms with Gasteiger partial charge >= 0.3 is 12.0 Å². The van der Waals surface area contributed by atoms with Crippen LogP contribution in [0.2, 0.25) is 0 Å². The number of carboxylic acid groups (broad SMARTS) is 1. The molecule has 2 N–H and O–H groups in total. The number of nitriles is 1. The zero-order chi connectivity index (χ0) is 13.1. The zero-order valence-electron chi connectivity index (χ0n) is 9.46. The van der Waals surface area contributed by atoms with Crippen LogP contribution in [0.1, 0.15) is 5.56 Å². The molecule has 1 aromatic rings. The molecule has 0 bridgehead atoms. The third-order valence-electron chi connectivity index (χ3n) is 2.81. The highest BCUT2D eigenvalue weighted by Gasteiger charge is 2.35. The average molecular weight is 245 g/mol. The highest BCUT2D eigenvalue weighted by atomic mass is 16.4. The van der Waals surface area contributed by atoms with Gasteiger partial charge in [0.15, 0.2) is 0 Å². The molecular formula is C12H11N3O3. The maximum Gasteiger partial charge on any atom is 0.321 e. The van der Waals surface area contributed by atoms with Crippen LogP contribution in [0.15, 0.2) is 24.3 Å². The van der Waals surface area contributed by atoms with Gasteiger partial charge in [0, 0.05) is 13.1 Å². The molecule has 1 aliphatic rings. The smallest absolute Gasteiger partial charge is 0.321 e. The van der Waals surface area contributed by atoms with Gasteiger partial charge in [-0.15, -0.1) is 0 Å². The van der Waals surface area contributed by atoms with Gasteiger partial charge < -0.3 is 15.3 Å². The van der Waals surface area contributed by atoms with Crippen LogP contribution in [-0.4, -0.2) is 35.1 Å². The highest BCUT2D eigenvalue weighted by molar-refractivity contribution is 5.92. The number of nitrogens with zero attached hydrogens (tertiary/aromatic N) is 2. The molecule has 1 heterocycles. The Kier molecular flexibility index (Phi) is 3.15. The lowest BCUT2D eigenvalue weighted by molar-refractivity contribution is -0.145. The summed E-state index contributed by atoms with van der Waals surface area (Å²) >= 11 is 0. The number of rotatable bonds is 2. The van der Waals surface area contributed by atoms with Gasteiger partial charge in [0.25, 0.3) is 0 Å². The van der Waals surface area contributed by atoms with Gasteiger partial charge in [-0.05, 0) is 12.1 Å². The van der Waals surface area contributed by atoms with Crippen LogP contribution in [-0.2, 0) is 4.79 Å². The SMILES string of the molecule is N#Cc1ccccc1NC(=O)N1CC(C(=O)O)C1. The quantitative estimate of drug-likeness (QED) is 0.816. The third-order valence-corrected chi connectivity index (χ3v) is 2.81. The second kappa shape index (κ2) is 4.75. The monoisotopic (exact) mass is 245 g/mol. The minimum atomic E-state index is -0.892. The molecule has 0 saturated carbocycles. The van der Waals surface area contributed by atoms with E-state index in [4.69, 9.17) is 10.4 Å². The molecule has 0 unspecified atom stereocenters. The number of carbonyl (C=O) groups excluding carboxylic acids is 1. The molecule has 18 heavy (non-hydrogen) atoms. The molecule has 6 heteroatoms. The minimum Gasteiger partial charge on any atom is -0.481 e. The predicted octanol–water partition coefficient (Wildman–Crippen LogP) is 1.11. The van der Waals surface area contributed by atoms with Crippen molar-refractivity contribution in [3.05, 3.63) is 29.8 Å². The molecule has 2 amide bonds. The van der Waals surface area contributed by atoms with E-state index in [1.807, 2.05) is 6.07 Å². The van der Waals surface area contributed by atoms with Gasteiger partial charge in [-0.3, -0.25) is 4.79 Å². The first kappa shape index (κ1) is 11.9. The fraction of sp³-hybridized carbons (Fsp3) is 0.250. The van der Waals surface area contributed by atoms with E-state index in [0.717, 1.165) is 0 Å². The van der Waals surface area contributed by atoms with Crippen LogP contribution in [0.25, 0.3) is 0 Å². The molecule has 1 aromatic carbocycles. The molecule has 0 spiro atoms. The number of urea groups is 1. The lowest BCUT2D eigenvalue weighted by atomic mass is 10.0. The van der Waals surface area contributed by atoms with Crippen LogP contribution in [0.3, 0.4) is 0 Å². The molecule has 0 aliphatic carbocycles. The molecule has 0 aromatic heterocycles. The van der Waals surface area contributed by atoms with E-state index >= 15 is 0 Å². The summed E-state index contributed by atoms with van der Waals surface area (Å²) in [5.74, 6) is -1.38. The molecular weight excluding hydrogens is 234 g/mol. The number of likely N-dealkylation sites (tertiary alicyclic amines) is 1. The Labute approximate surface area is 103 Å². The molecule has 1 saturated heterocycles. The molecule has 92 valence electrons. The summed E-state index contributed by atoms with van der Waals surface area (Å²) in [6, 6.07) is 8.25. The predicted molar refractivity (Wildman–Crippen MR) is 62.9 cm³/mol. The standard InChI is InChI=1S/C12H11N3O3/c13-5-8-3-1-2-4-10(8)14-12(18)15-6-9(7-15)11(16)17/h1-4,9H,6-7H2,(H,14,18)(H,16,17). The van der Waals surface area contributed by atoms with Crippen molar-refractivity contribution in [2.45, 2.75) is 0 Å². The number of hydrogen-bond acceptors (Lipinski definition) is 3. The Hall–Kier alpha value is -2.55. The first-order valence-corrected chi connectivity index (χ1v) is 5.39. The second-order valence-electron chi connectivity index (χ2n) is 4.03. The minimum absolute atomic E-state index is 0.204. The van der Waals surface area contributed by atoms with Crippen molar-refractivity contribution in [3.8, 4) is 6.07 Å². The topological polar surface area (TPSA) is 93.4 Å². The average Bonchev–Trinajstić information content (AvgIpc) is 2.27. The third kappa shape index (κ3) is 2.25. The normalized spacial score (nSPS) is 14.5. The largest absolute Gasteiger partial charge is 0.481 e. The Morgan fingerprint density at radius 3 is 2.67 bits per heavy atom. The fourth-order valence-electron chi connectivity index (χ4n) is 1.68. The summed E-state index contributed by atoms with van der Waals surface area (Å²) in [5.41, 5.74) is 0.810. The second-order valence-corrected chi connectivity index (χ2v) is 4.03. The van der Waals surface area contributed by atoms with Crippen LogP contribution in [0.4, 0.5) is 10.5 Å². The molecule has 1 fully saturated rings. The van der Waals surface area contributed by atoms with Crippen LogP contribution in [0, 0.1) is 17.2 Å². The van der Waals surface area contributed by atoms with Crippen molar-refractivity contribution in [2.24, 2.45) is 5.92 Å². The Morgan fingerprint density at radius 2 is 2.06 bits per heavy atom. The summed E-state index contributed by atoms with van der Waals surface area (Å²) in [7, 11) is 0. The highest BCUT2D eigenvalue weighted by Crippen LogP contribution is 2.19. The van der Waals surface area contributed by atoms with E-state index < -0.39 is 11.9 Å². The maximum absolute atomic E-state index is 11.7. The molecule has 0 radical (unpaired) electrons. The van der Waals surface area contributed by atoms with Gasteiger partial charge in [0.2, 0.25) is 0 Å². The maximum atomic E-state index is 11.7. The summed E-state index contributed by atoms with van der Waals surface area (Å²) in [6.45, 7) is 0.409. The van der Waals surface area contributed by atoms with Gasteiger partial charge in [-0.1, -0.05) is 12.1 Å². The Morgan fingerprint density at radius 1 is 1.39 bits per heavy atom. The van der Waals surface area contributed by atoms with Crippen molar-refractivity contribution in [2.75, 3.05) is 18.4 Å². The molecule has 1 aliphatic heterocycles. The number of aliphatic carboxylic acids is 1. The van der Waals surface area contributed by atoms with Gasteiger partial charge in [-0.2, -0.15) is 5.26 Å². The number of amides is 2. The van der Waals surface area contributed by atoms with Gasteiger partial charge in [0.1, 0.15) is 6.07 Å². The van der Waals surface area contributed by atoms with Crippen LogP contribution in [0.5, 0.6) is 0 Å². The van der Waals surface area contributed by atoms with E-state index in [-0.39, 0.29) is 19.1 Å². The number of anilines is 1. The van der Waals surface area contributed by atoms with Crippen LogP contribution < -0.4 is 5.32 Å². The van der Waals surface area contributed by atoms with Crippen LogP contribution >= 0.6 is 0 Å². The molecule has 0 atom stereocenters. The van der Waals surface area contributed by atoms with E-state index in [1.54, 1.807) is 24.3 Å². The number of carbonyl (C=O) groups is 2. The number of benzene rings is 1. The van der Waals surface area contributed by atoms with Crippen molar-refractivity contribution >= 4 is 17.7 Å². The first-order chi connectivity index (χ1) is 8.61. The number of carboxylic acids is 1.